The third-order valence-electron chi connectivity index (χ3n) is 6.19. The molecule has 1 saturated carbocycles. The monoisotopic (exact) mass is 344 g/mol. The van der Waals surface area contributed by atoms with Gasteiger partial charge < -0.3 is 9.88 Å². The maximum absolute atomic E-state index is 12.5. The van der Waals surface area contributed by atoms with E-state index >= 15 is 0 Å². The number of H-pyrrole nitrogens is 1. The molecule has 0 radical (unpaired) electrons. The molecular weight excluding hydrogens is 316 g/mol. The van der Waals surface area contributed by atoms with Crippen molar-refractivity contribution in [1.29, 1.82) is 0 Å². The van der Waals surface area contributed by atoms with Crippen LogP contribution in [0.2, 0.25) is 0 Å². The van der Waals surface area contributed by atoms with E-state index in [9.17, 15) is 9.59 Å². The molecule has 1 saturated heterocycles. The summed E-state index contributed by atoms with van der Waals surface area (Å²) in [5, 5.41) is 0. The first-order valence-corrected chi connectivity index (χ1v) is 9.79. The van der Waals surface area contributed by atoms with E-state index in [0.29, 0.717) is 19.0 Å². The van der Waals surface area contributed by atoms with Gasteiger partial charge in [-0.3, -0.25) is 14.5 Å². The zero-order valence-electron chi connectivity index (χ0n) is 15.1. The fourth-order valence-electron chi connectivity index (χ4n) is 4.69. The number of fused-ring (bicyclic) bond motifs is 1. The molecule has 0 spiro atoms. The van der Waals surface area contributed by atoms with Crippen LogP contribution in [0.25, 0.3) is 0 Å². The lowest BCUT2D eigenvalue weighted by atomic mass is 10.0. The molecular formula is C19H28N4O2. The van der Waals surface area contributed by atoms with Gasteiger partial charge in [0.15, 0.2) is 0 Å². The number of hydrogen-bond acceptors (Lipinski definition) is 4. The van der Waals surface area contributed by atoms with Crippen LogP contribution in [0.5, 0.6) is 0 Å². The maximum Gasteiger partial charge on any atom is 0.254 e. The Morgan fingerprint density at radius 3 is 2.80 bits per heavy atom. The Morgan fingerprint density at radius 2 is 2.04 bits per heavy atom. The van der Waals surface area contributed by atoms with Crippen molar-refractivity contribution in [2.75, 3.05) is 19.6 Å². The van der Waals surface area contributed by atoms with E-state index in [2.05, 4.69) is 9.88 Å². The summed E-state index contributed by atoms with van der Waals surface area (Å²) in [7, 11) is 0. The largest absolute Gasteiger partial charge is 0.342 e. The Balaban J connectivity index is 1.54. The number of nitrogens with zero attached hydrogens (tertiary/aromatic N) is 3. The highest BCUT2D eigenvalue weighted by Gasteiger charge is 2.31. The number of rotatable bonds is 3. The number of aromatic nitrogens is 2. The highest BCUT2D eigenvalue weighted by atomic mass is 16.2. The third kappa shape index (κ3) is 3.24. The summed E-state index contributed by atoms with van der Waals surface area (Å²) in [6.07, 6.45) is 7.44. The van der Waals surface area contributed by atoms with Crippen LogP contribution in [0.4, 0.5) is 0 Å². The van der Waals surface area contributed by atoms with Gasteiger partial charge in [-0.2, -0.15) is 0 Å². The summed E-state index contributed by atoms with van der Waals surface area (Å²) < 4.78 is 0. The van der Waals surface area contributed by atoms with Gasteiger partial charge in [-0.05, 0) is 25.7 Å². The predicted octanol–water partition coefficient (Wildman–Crippen LogP) is 1.80. The number of likely N-dealkylation sites (tertiary alicyclic amines) is 1. The number of amides is 1. The highest BCUT2D eigenvalue weighted by Crippen LogP contribution is 2.29. The first kappa shape index (κ1) is 16.8. The van der Waals surface area contributed by atoms with E-state index in [0.717, 1.165) is 49.6 Å². The average Bonchev–Trinajstić information content (AvgIpc) is 3.32. The molecule has 1 unspecified atom stereocenters. The Kier molecular flexibility index (Phi) is 4.63. The molecule has 0 bridgehead atoms. The van der Waals surface area contributed by atoms with E-state index in [-0.39, 0.29) is 17.4 Å². The van der Waals surface area contributed by atoms with Crippen molar-refractivity contribution >= 4 is 5.91 Å². The quantitative estimate of drug-likeness (QED) is 0.908. The second kappa shape index (κ2) is 6.90. The highest BCUT2D eigenvalue weighted by molar-refractivity contribution is 5.76. The molecule has 1 amide bonds. The van der Waals surface area contributed by atoms with E-state index in [1.807, 2.05) is 11.8 Å². The molecule has 1 aliphatic carbocycles. The number of hydrogen-bond donors (Lipinski definition) is 1. The smallest absolute Gasteiger partial charge is 0.254 e. The van der Waals surface area contributed by atoms with Gasteiger partial charge >= 0.3 is 0 Å². The fraction of sp³-hybridized carbons (Fsp3) is 0.737. The van der Waals surface area contributed by atoms with Crippen molar-refractivity contribution < 1.29 is 4.79 Å². The Labute approximate surface area is 148 Å². The lowest BCUT2D eigenvalue weighted by molar-refractivity contribution is -0.129. The fourth-order valence-corrected chi connectivity index (χ4v) is 4.69. The van der Waals surface area contributed by atoms with Gasteiger partial charge in [0, 0.05) is 50.1 Å². The molecule has 1 atom stereocenters. The molecule has 2 fully saturated rings. The topological polar surface area (TPSA) is 69.3 Å². The van der Waals surface area contributed by atoms with Gasteiger partial charge in [-0.15, -0.1) is 0 Å². The van der Waals surface area contributed by atoms with Crippen LogP contribution < -0.4 is 5.56 Å². The van der Waals surface area contributed by atoms with E-state index < -0.39 is 0 Å². The molecule has 136 valence electrons. The minimum Gasteiger partial charge on any atom is -0.342 e. The van der Waals surface area contributed by atoms with Gasteiger partial charge in [0.2, 0.25) is 5.91 Å². The van der Waals surface area contributed by atoms with Gasteiger partial charge in [0.25, 0.3) is 5.56 Å². The summed E-state index contributed by atoms with van der Waals surface area (Å²) in [6, 6.07) is 0.668. The van der Waals surface area contributed by atoms with Gasteiger partial charge in [-0.25, -0.2) is 4.98 Å². The van der Waals surface area contributed by atoms with Crippen LogP contribution in [-0.4, -0.2) is 51.4 Å². The van der Waals surface area contributed by atoms with Crippen molar-refractivity contribution in [3.63, 3.8) is 0 Å². The zero-order chi connectivity index (χ0) is 17.4. The normalized spacial score (nSPS) is 24.7. The predicted molar refractivity (Wildman–Crippen MR) is 95.5 cm³/mol. The van der Waals surface area contributed by atoms with E-state index in [4.69, 9.17) is 4.98 Å². The molecule has 1 aromatic heterocycles. The third-order valence-corrected chi connectivity index (χ3v) is 6.19. The summed E-state index contributed by atoms with van der Waals surface area (Å²) in [6.45, 7) is 5.13. The summed E-state index contributed by atoms with van der Waals surface area (Å²) >= 11 is 0. The first-order chi connectivity index (χ1) is 12.2. The second-order valence-electron chi connectivity index (χ2n) is 7.71. The minimum absolute atomic E-state index is 0.0336. The molecule has 3 heterocycles. The SMILES string of the molecule is CCC(=O)N1CCC(c2nc3c(c(=O)[nH]2)CCN(C2CCCC2)C3)C1. The molecule has 0 aromatic carbocycles. The lowest BCUT2D eigenvalue weighted by Gasteiger charge is -2.32. The number of aromatic amines is 1. The van der Waals surface area contributed by atoms with Crippen LogP contribution >= 0.6 is 0 Å². The van der Waals surface area contributed by atoms with Gasteiger partial charge in [-0.1, -0.05) is 19.8 Å². The number of carbonyl (C=O) groups is 1. The Morgan fingerprint density at radius 1 is 1.24 bits per heavy atom. The summed E-state index contributed by atoms with van der Waals surface area (Å²) in [5.74, 6) is 1.13. The molecule has 3 aliphatic rings. The molecule has 6 heteroatoms. The number of nitrogens with one attached hydrogen (secondary N) is 1. The van der Waals surface area contributed by atoms with Crippen LogP contribution in [0.15, 0.2) is 4.79 Å². The summed E-state index contributed by atoms with van der Waals surface area (Å²) in [4.78, 5) is 36.8. The number of carbonyl (C=O) groups excluding carboxylic acids is 1. The average molecular weight is 344 g/mol. The Bertz CT molecular complexity index is 708. The van der Waals surface area contributed by atoms with Gasteiger partial charge in [0.1, 0.15) is 5.82 Å². The second-order valence-corrected chi connectivity index (χ2v) is 7.71. The standard InChI is InChI=1S/C19H28N4O2/c1-2-17(24)23-9-7-13(11-23)18-20-16-12-22(14-5-3-4-6-14)10-8-15(16)19(25)21-18/h13-14H,2-12H2,1H3,(H,20,21,25). The van der Waals surface area contributed by atoms with Crippen LogP contribution in [0.3, 0.4) is 0 Å². The van der Waals surface area contributed by atoms with Crippen molar-refractivity contribution in [2.24, 2.45) is 0 Å². The maximum atomic E-state index is 12.5. The molecule has 25 heavy (non-hydrogen) atoms. The van der Waals surface area contributed by atoms with E-state index in [1.165, 1.54) is 25.7 Å². The zero-order valence-corrected chi connectivity index (χ0v) is 15.1. The molecule has 2 aliphatic heterocycles. The van der Waals surface area contributed by atoms with Crippen LogP contribution in [-0.2, 0) is 17.8 Å². The van der Waals surface area contributed by atoms with Crippen molar-refractivity contribution in [3.8, 4) is 0 Å². The minimum atomic E-state index is 0.0336. The molecule has 1 aromatic rings. The van der Waals surface area contributed by atoms with Crippen molar-refractivity contribution in [3.05, 3.63) is 27.4 Å². The Hall–Kier alpha value is -1.69. The lowest BCUT2D eigenvalue weighted by Crippen LogP contribution is -2.41. The van der Waals surface area contributed by atoms with Crippen molar-refractivity contribution in [1.82, 2.24) is 19.8 Å². The first-order valence-electron chi connectivity index (χ1n) is 9.79. The van der Waals surface area contributed by atoms with Crippen molar-refractivity contribution in [2.45, 2.75) is 70.4 Å². The molecule has 4 rings (SSSR count). The van der Waals surface area contributed by atoms with Crippen LogP contribution in [0.1, 0.15) is 68.4 Å². The molecule has 1 N–H and O–H groups in total. The van der Waals surface area contributed by atoms with E-state index in [1.54, 1.807) is 0 Å². The molecule has 6 nitrogen and oxygen atoms in total. The summed E-state index contributed by atoms with van der Waals surface area (Å²) in [5.41, 5.74) is 1.88. The van der Waals surface area contributed by atoms with Gasteiger partial charge in [0.05, 0.1) is 5.69 Å². The van der Waals surface area contributed by atoms with Crippen LogP contribution in [0, 0.1) is 0 Å².